The maximum absolute atomic E-state index is 13.4. The van der Waals surface area contributed by atoms with Gasteiger partial charge in [0.15, 0.2) is 5.43 Å². The lowest BCUT2D eigenvalue weighted by Crippen LogP contribution is -2.29. The highest BCUT2D eigenvalue weighted by Crippen LogP contribution is 2.41. The van der Waals surface area contributed by atoms with Crippen LogP contribution in [0.4, 0.5) is 13.2 Å². The molecule has 0 unspecified atom stereocenters. The Balaban J connectivity index is 2.13. The number of phenolic OH excluding ortho intramolecular Hbond substituents is 1. The number of halogens is 3. The number of aromatic hydroxyl groups is 1. The molecule has 2 aromatic rings. The van der Waals surface area contributed by atoms with Crippen molar-refractivity contribution in [2.45, 2.75) is 37.8 Å². The van der Waals surface area contributed by atoms with E-state index in [2.05, 4.69) is 0 Å². The van der Waals surface area contributed by atoms with E-state index in [1.54, 1.807) is 0 Å². The number of alkyl halides is 3. The van der Waals surface area contributed by atoms with Crippen molar-refractivity contribution in [2.24, 2.45) is 11.7 Å². The van der Waals surface area contributed by atoms with E-state index >= 15 is 0 Å². The number of carbonyl (C=O) groups is 1. The average molecular weight is 355 g/mol. The van der Waals surface area contributed by atoms with Gasteiger partial charge >= 0.3 is 6.18 Å². The van der Waals surface area contributed by atoms with Gasteiger partial charge in [-0.2, -0.15) is 13.2 Å². The van der Waals surface area contributed by atoms with E-state index in [1.807, 2.05) is 0 Å². The van der Waals surface area contributed by atoms with Crippen LogP contribution in [0.5, 0.6) is 5.75 Å². The van der Waals surface area contributed by atoms with Gasteiger partial charge in [0.05, 0.1) is 10.9 Å². The first-order chi connectivity index (χ1) is 11.7. The average Bonchev–Trinajstić information content (AvgIpc) is 2.53. The highest BCUT2D eigenvalue weighted by Gasteiger charge is 2.42. The smallest absolute Gasteiger partial charge is 0.449 e. The van der Waals surface area contributed by atoms with E-state index < -0.39 is 34.8 Å². The maximum Gasteiger partial charge on any atom is 0.449 e. The summed E-state index contributed by atoms with van der Waals surface area (Å²) in [5, 5.41) is 9.41. The molecule has 1 aliphatic rings. The molecule has 3 N–H and O–H groups in total. The molecular weight excluding hydrogens is 339 g/mol. The molecule has 5 nitrogen and oxygen atoms in total. The summed E-state index contributed by atoms with van der Waals surface area (Å²) in [6.45, 7) is 0. The van der Waals surface area contributed by atoms with Crippen LogP contribution in [-0.2, 0) is 11.0 Å². The van der Waals surface area contributed by atoms with Crippen molar-refractivity contribution in [1.82, 2.24) is 0 Å². The Kier molecular flexibility index (Phi) is 4.22. The molecule has 0 bridgehead atoms. The van der Waals surface area contributed by atoms with Crippen LogP contribution < -0.4 is 11.2 Å². The van der Waals surface area contributed by atoms with Crippen LogP contribution in [0.15, 0.2) is 27.4 Å². The van der Waals surface area contributed by atoms with E-state index in [1.165, 1.54) is 12.1 Å². The molecular formula is C17H16F3NO4. The summed E-state index contributed by atoms with van der Waals surface area (Å²) in [5.74, 6) is -3.14. The van der Waals surface area contributed by atoms with Gasteiger partial charge in [0, 0.05) is 12.0 Å². The fourth-order valence-electron chi connectivity index (χ4n) is 3.44. The zero-order valence-corrected chi connectivity index (χ0v) is 13.1. The molecule has 0 radical (unpaired) electrons. The van der Waals surface area contributed by atoms with Crippen molar-refractivity contribution in [1.29, 1.82) is 0 Å². The molecule has 1 aromatic carbocycles. The molecule has 3 rings (SSSR count). The Morgan fingerprint density at radius 3 is 2.40 bits per heavy atom. The Hall–Kier alpha value is -2.51. The van der Waals surface area contributed by atoms with Gasteiger partial charge in [0.1, 0.15) is 11.3 Å². The van der Waals surface area contributed by atoms with Crippen molar-refractivity contribution in [3.8, 4) is 5.75 Å². The summed E-state index contributed by atoms with van der Waals surface area (Å²) in [7, 11) is 0. The van der Waals surface area contributed by atoms with Gasteiger partial charge in [0.25, 0.3) is 0 Å². The van der Waals surface area contributed by atoms with Crippen molar-refractivity contribution in [3.05, 3.63) is 39.7 Å². The number of benzene rings is 1. The van der Waals surface area contributed by atoms with E-state index in [0.29, 0.717) is 12.8 Å². The quantitative estimate of drug-likeness (QED) is 0.864. The van der Waals surface area contributed by atoms with Crippen molar-refractivity contribution >= 4 is 16.9 Å². The Morgan fingerprint density at radius 1 is 1.20 bits per heavy atom. The molecule has 1 aliphatic carbocycles. The number of carbonyl (C=O) groups excluding carboxylic acids is 1. The number of hydrogen-bond acceptors (Lipinski definition) is 4. The monoisotopic (exact) mass is 355 g/mol. The molecule has 1 heterocycles. The molecule has 1 fully saturated rings. The summed E-state index contributed by atoms with van der Waals surface area (Å²) in [6, 6.07) is 3.45. The predicted molar refractivity (Wildman–Crippen MR) is 83.0 cm³/mol. The van der Waals surface area contributed by atoms with E-state index in [-0.39, 0.29) is 35.5 Å². The second-order valence-corrected chi connectivity index (χ2v) is 6.30. The third-order valence-corrected chi connectivity index (χ3v) is 4.71. The zero-order chi connectivity index (χ0) is 18.4. The standard InChI is InChI=1S/C17H16F3NO4/c18-17(19,20)15-13(8-1-3-9(4-2-8)16(21)24)14(23)11-6-5-10(22)7-12(11)25-15/h5-9,22H,1-4H2,(H2,21,24). The molecule has 0 saturated heterocycles. The van der Waals surface area contributed by atoms with Crippen LogP contribution in [0, 0.1) is 5.92 Å². The van der Waals surface area contributed by atoms with Gasteiger partial charge in [-0.1, -0.05) is 0 Å². The van der Waals surface area contributed by atoms with Crippen LogP contribution in [0.1, 0.15) is 42.9 Å². The molecule has 25 heavy (non-hydrogen) atoms. The SMILES string of the molecule is NC(=O)C1CCC(c2c(C(F)(F)F)oc3cc(O)ccc3c2=O)CC1. The minimum absolute atomic E-state index is 0.0159. The summed E-state index contributed by atoms with van der Waals surface area (Å²) in [5.41, 5.74) is 3.77. The third kappa shape index (κ3) is 3.20. The van der Waals surface area contributed by atoms with Gasteiger partial charge in [-0.15, -0.1) is 0 Å². The number of primary amides is 1. The van der Waals surface area contributed by atoms with Crippen LogP contribution in [0.25, 0.3) is 11.0 Å². The summed E-state index contributed by atoms with van der Waals surface area (Å²) in [6.07, 6.45) is -3.65. The van der Waals surface area contributed by atoms with Crippen LogP contribution in [-0.4, -0.2) is 11.0 Å². The van der Waals surface area contributed by atoms with E-state index in [9.17, 15) is 27.9 Å². The number of phenols is 1. The first-order valence-corrected chi connectivity index (χ1v) is 7.84. The molecule has 1 amide bonds. The van der Waals surface area contributed by atoms with Crippen molar-refractivity contribution < 1.29 is 27.5 Å². The van der Waals surface area contributed by atoms with E-state index in [0.717, 1.165) is 6.07 Å². The van der Waals surface area contributed by atoms with Crippen LogP contribution >= 0.6 is 0 Å². The maximum atomic E-state index is 13.4. The summed E-state index contributed by atoms with van der Waals surface area (Å²) >= 11 is 0. The number of rotatable bonds is 2. The Bertz CT molecular complexity index is 880. The highest BCUT2D eigenvalue weighted by atomic mass is 19.4. The second-order valence-electron chi connectivity index (χ2n) is 6.30. The van der Waals surface area contributed by atoms with Gasteiger partial charge in [0.2, 0.25) is 11.7 Å². The Morgan fingerprint density at radius 2 is 1.84 bits per heavy atom. The van der Waals surface area contributed by atoms with E-state index in [4.69, 9.17) is 10.2 Å². The first kappa shape index (κ1) is 17.3. The highest BCUT2D eigenvalue weighted by molar-refractivity contribution is 5.79. The molecule has 1 saturated carbocycles. The molecule has 8 heteroatoms. The largest absolute Gasteiger partial charge is 0.508 e. The number of fused-ring (bicyclic) bond motifs is 1. The Labute approximate surface area is 140 Å². The van der Waals surface area contributed by atoms with Crippen molar-refractivity contribution in [2.75, 3.05) is 0 Å². The number of hydrogen-bond donors (Lipinski definition) is 2. The zero-order valence-electron chi connectivity index (χ0n) is 13.1. The number of amides is 1. The lowest BCUT2D eigenvalue weighted by Gasteiger charge is -2.27. The minimum atomic E-state index is -4.84. The third-order valence-electron chi connectivity index (χ3n) is 4.71. The number of nitrogens with two attached hydrogens (primary N) is 1. The lowest BCUT2D eigenvalue weighted by molar-refractivity contribution is -0.154. The van der Waals surface area contributed by atoms with Gasteiger partial charge in [-0.05, 0) is 43.7 Å². The van der Waals surface area contributed by atoms with Crippen LogP contribution in [0.2, 0.25) is 0 Å². The molecule has 1 aromatic heterocycles. The lowest BCUT2D eigenvalue weighted by atomic mass is 9.77. The molecule has 134 valence electrons. The van der Waals surface area contributed by atoms with Gasteiger partial charge in [-0.25, -0.2) is 0 Å². The normalized spacial score (nSPS) is 21.4. The molecule has 0 atom stereocenters. The topological polar surface area (TPSA) is 93.5 Å². The van der Waals surface area contributed by atoms with Crippen molar-refractivity contribution in [3.63, 3.8) is 0 Å². The van der Waals surface area contributed by atoms with Gasteiger partial charge < -0.3 is 15.3 Å². The fraction of sp³-hybridized carbons (Fsp3) is 0.412. The predicted octanol–water partition coefficient (Wildman–Crippen LogP) is 3.28. The summed E-state index contributed by atoms with van der Waals surface area (Å²) < 4.78 is 45.3. The molecule has 0 spiro atoms. The van der Waals surface area contributed by atoms with Gasteiger partial charge in [-0.3, -0.25) is 9.59 Å². The summed E-state index contributed by atoms with van der Waals surface area (Å²) in [4.78, 5) is 23.9. The van der Waals surface area contributed by atoms with Crippen LogP contribution in [0.3, 0.4) is 0 Å². The second kappa shape index (κ2) is 6.09. The first-order valence-electron chi connectivity index (χ1n) is 7.84. The fourth-order valence-corrected chi connectivity index (χ4v) is 3.44. The molecule has 0 aliphatic heterocycles. The minimum Gasteiger partial charge on any atom is -0.508 e.